The summed E-state index contributed by atoms with van der Waals surface area (Å²) in [7, 11) is 0. The Labute approximate surface area is 208 Å². The first-order valence-electron chi connectivity index (χ1n) is 11.5. The molecule has 2 aromatic carbocycles. The highest BCUT2D eigenvalue weighted by Gasteiger charge is 2.35. The maximum absolute atomic E-state index is 13.2. The van der Waals surface area contributed by atoms with Crippen LogP contribution in [0.25, 0.3) is 0 Å². The summed E-state index contributed by atoms with van der Waals surface area (Å²) in [6.45, 7) is 6.06. The molecule has 2 aromatic rings. The lowest BCUT2D eigenvalue weighted by Gasteiger charge is -2.30. The molecule has 0 spiro atoms. The number of hydrogen-bond donors (Lipinski definition) is 1. The maximum atomic E-state index is 13.2. The molecule has 34 heavy (non-hydrogen) atoms. The molecule has 0 saturated carbocycles. The second-order valence-electron chi connectivity index (χ2n) is 8.56. The van der Waals surface area contributed by atoms with Gasteiger partial charge in [0.05, 0.1) is 11.1 Å². The van der Waals surface area contributed by atoms with E-state index in [0.717, 1.165) is 16.5 Å². The van der Waals surface area contributed by atoms with Gasteiger partial charge in [0.2, 0.25) is 11.8 Å². The molecule has 0 aromatic heterocycles. The molecule has 4 amide bonds. The normalized spacial score (nSPS) is 14.5. The molecule has 8 heteroatoms. The van der Waals surface area contributed by atoms with Crippen LogP contribution in [0.3, 0.4) is 0 Å². The molecule has 1 aliphatic heterocycles. The molecule has 0 unspecified atom stereocenters. The van der Waals surface area contributed by atoms with Crippen molar-refractivity contribution in [3.63, 3.8) is 0 Å². The Kier molecular flexibility index (Phi) is 8.61. The highest BCUT2D eigenvalue weighted by Crippen LogP contribution is 2.23. The number of benzene rings is 2. The fourth-order valence-electron chi connectivity index (χ4n) is 3.85. The highest BCUT2D eigenvalue weighted by molar-refractivity contribution is 9.10. The molecule has 1 N–H and O–H groups in total. The largest absolute Gasteiger partial charge is 0.352 e. The molecular weight excluding hydrogens is 498 g/mol. The van der Waals surface area contributed by atoms with Crippen molar-refractivity contribution in [3.05, 3.63) is 69.7 Å². The fraction of sp³-hybridized carbons (Fsp3) is 0.385. The summed E-state index contributed by atoms with van der Waals surface area (Å²) < 4.78 is 0.889. The minimum Gasteiger partial charge on any atom is -0.352 e. The summed E-state index contributed by atoms with van der Waals surface area (Å²) in [6, 6.07) is 13.7. The predicted molar refractivity (Wildman–Crippen MR) is 133 cm³/mol. The van der Waals surface area contributed by atoms with Crippen LogP contribution in [0.5, 0.6) is 0 Å². The topological polar surface area (TPSA) is 86.8 Å². The van der Waals surface area contributed by atoms with E-state index in [1.165, 1.54) is 4.90 Å². The molecule has 180 valence electrons. The lowest BCUT2D eigenvalue weighted by atomic mass is 10.1. The van der Waals surface area contributed by atoms with Gasteiger partial charge in [-0.15, -0.1) is 0 Å². The number of carbonyl (C=O) groups excluding carboxylic acids is 4. The fourth-order valence-corrected chi connectivity index (χ4v) is 4.30. The van der Waals surface area contributed by atoms with Gasteiger partial charge in [0.1, 0.15) is 6.04 Å². The Morgan fingerprint density at radius 3 is 2.26 bits per heavy atom. The summed E-state index contributed by atoms with van der Waals surface area (Å²) in [5.74, 6) is -1.08. The van der Waals surface area contributed by atoms with Gasteiger partial charge in [0.15, 0.2) is 0 Å². The van der Waals surface area contributed by atoms with Crippen LogP contribution in [0.2, 0.25) is 0 Å². The predicted octanol–water partition coefficient (Wildman–Crippen LogP) is 4.16. The van der Waals surface area contributed by atoms with Crippen molar-refractivity contribution in [2.24, 2.45) is 0 Å². The number of amides is 4. The summed E-state index contributed by atoms with van der Waals surface area (Å²) in [5.41, 5.74) is 1.68. The van der Waals surface area contributed by atoms with Gasteiger partial charge in [-0.25, -0.2) is 0 Å². The lowest BCUT2D eigenvalue weighted by Crippen LogP contribution is -2.49. The molecule has 0 bridgehead atoms. The van der Waals surface area contributed by atoms with Crippen molar-refractivity contribution in [2.45, 2.75) is 58.7 Å². The van der Waals surface area contributed by atoms with Crippen molar-refractivity contribution < 1.29 is 19.2 Å². The second-order valence-corrected chi connectivity index (χ2v) is 9.47. The average Bonchev–Trinajstić information content (AvgIpc) is 3.07. The van der Waals surface area contributed by atoms with Gasteiger partial charge in [0, 0.05) is 30.0 Å². The Morgan fingerprint density at radius 2 is 1.68 bits per heavy atom. The molecule has 3 rings (SSSR count). The van der Waals surface area contributed by atoms with Crippen LogP contribution >= 0.6 is 15.9 Å². The standard InChI is InChI=1S/C26H30BrN3O4/c1-4-17(2)28-24(32)18(3)30(16-19-9-7-10-20(27)15-19)23(31)13-8-14-29-25(33)21-11-5-6-12-22(21)26(29)34/h5-7,9-12,15,17-18H,4,8,13-14,16H2,1-3H3,(H,28,32)/t17-,18+/m1/s1. The Balaban J connectivity index is 1.68. The molecule has 2 atom stereocenters. The van der Waals surface area contributed by atoms with Gasteiger partial charge in [-0.05, 0) is 56.5 Å². The summed E-state index contributed by atoms with van der Waals surface area (Å²) in [6.07, 6.45) is 1.22. The number of halogens is 1. The number of rotatable bonds is 10. The van der Waals surface area contributed by atoms with Crippen molar-refractivity contribution >= 4 is 39.6 Å². The first kappa shape index (κ1) is 25.6. The molecule has 0 radical (unpaired) electrons. The van der Waals surface area contributed by atoms with Gasteiger partial charge in [0.25, 0.3) is 11.8 Å². The minimum absolute atomic E-state index is 0.00611. The monoisotopic (exact) mass is 527 g/mol. The van der Waals surface area contributed by atoms with E-state index in [-0.39, 0.29) is 49.2 Å². The number of carbonyl (C=O) groups is 4. The number of imide groups is 1. The van der Waals surface area contributed by atoms with E-state index >= 15 is 0 Å². The number of nitrogens with zero attached hydrogens (tertiary/aromatic N) is 2. The molecule has 1 aliphatic rings. The van der Waals surface area contributed by atoms with Crippen molar-refractivity contribution in [3.8, 4) is 0 Å². The quantitative estimate of drug-likeness (QED) is 0.470. The van der Waals surface area contributed by atoms with Crippen molar-refractivity contribution in [1.29, 1.82) is 0 Å². The van der Waals surface area contributed by atoms with E-state index in [9.17, 15) is 19.2 Å². The van der Waals surface area contributed by atoms with Crippen LogP contribution in [0.15, 0.2) is 53.0 Å². The Morgan fingerprint density at radius 1 is 1.03 bits per heavy atom. The van der Waals surface area contributed by atoms with E-state index in [1.54, 1.807) is 36.1 Å². The first-order chi connectivity index (χ1) is 16.2. The molecule has 0 aliphatic carbocycles. The van der Waals surface area contributed by atoms with Crippen LogP contribution in [0.4, 0.5) is 0 Å². The Hall–Kier alpha value is -3.00. The first-order valence-corrected chi connectivity index (χ1v) is 12.3. The average molecular weight is 528 g/mol. The second kappa shape index (κ2) is 11.4. The smallest absolute Gasteiger partial charge is 0.261 e. The zero-order valence-electron chi connectivity index (χ0n) is 19.7. The molecule has 0 saturated heterocycles. The van der Waals surface area contributed by atoms with Crippen LogP contribution < -0.4 is 5.32 Å². The zero-order valence-corrected chi connectivity index (χ0v) is 21.3. The zero-order chi connectivity index (χ0) is 24.8. The van der Waals surface area contributed by atoms with Crippen molar-refractivity contribution in [1.82, 2.24) is 15.1 Å². The third-order valence-corrected chi connectivity index (χ3v) is 6.55. The molecule has 7 nitrogen and oxygen atoms in total. The van der Waals surface area contributed by atoms with Crippen molar-refractivity contribution in [2.75, 3.05) is 6.54 Å². The van der Waals surface area contributed by atoms with Crippen LogP contribution in [0, 0.1) is 0 Å². The third-order valence-electron chi connectivity index (χ3n) is 6.06. The van der Waals surface area contributed by atoms with Gasteiger partial charge in [-0.3, -0.25) is 24.1 Å². The Bertz CT molecular complexity index is 1050. The van der Waals surface area contributed by atoms with Gasteiger partial charge in [-0.1, -0.05) is 47.1 Å². The molecule has 1 heterocycles. The lowest BCUT2D eigenvalue weighted by molar-refractivity contribution is -0.141. The van der Waals surface area contributed by atoms with Gasteiger partial charge < -0.3 is 10.2 Å². The SMILES string of the molecule is CC[C@@H](C)NC(=O)[C@H](C)N(Cc1cccc(Br)c1)C(=O)CCCN1C(=O)c2ccccc2C1=O. The van der Waals surface area contributed by atoms with Crippen LogP contribution in [-0.2, 0) is 16.1 Å². The summed E-state index contributed by atoms with van der Waals surface area (Å²) in [4.78, 5) is 53.9. The highest BCUT2D eigenvalue weighted by atomic mass is 79.9. The molecular formula is C26H30BrN3O4. The number of hydrogen-bond acceptors (Lipinski definition) is 4. The van der Waals surface area contributed by atoms with Crippen LogP contribution in [0.1, 0.15) is 66.3 Å². The third kappa shape index (κ3) is 5.91. The van der Waals surface area contributed by atoms with E-state index < -0.39 is 6.04 Å². The van der Waals surface area contributed by atoms with E-state index in [0.29, 0.717) is 17.5 Å². The van der Waals surface area contributed by atoms with Gasteiger partial charge >= 0.3 is 0 Å². The minimum atomic E-state index is -0.667. The van der Waals surface area contributed by atoms with Crippen LogP contribution in [-0.4, -0.2) is 52.1 Å². The maximum Gasteiger partial charge on any atom is 0.261 e. The van der Waals surface area contributed by atoms with E-state index in [1.807, 2.05) is 38.1 Å². The molecule has 0 fully saturated rings. The summed E-state index contributed by atoms with van der Waals surface area (Å²) in [5, 5.41) is 2.94. The van der Waals surface area contributed by atoms with E-state index in [2.05, 4.69) is 21.2 Å². The van der Waals surface area contributed by atoms with Gasteiger partial charge in [-0.2, -0.15) is 0 Å². The van der Waals surface area contributed by atoms with E-state index in [4.69, 9.17) is 0 Å². The summed E-state index contributed by atoms with van der Waals surface area (Å²) >= 11 is 3.45. The number of nitrogens with one attached hydrogen (secondary N) is 1. The number of fused-ring (bicyclic) bond motifs is 1.